The molecule has 0 saturated heterocycles. The van der Waals surface area contributed by atoms with E-state index in [0.717, 1.165) is 0 Å². The third kappa shape index (κ3) is 2.54. The molecule has 0 aliphatic rings. The van der Waals surface area contributed by atoms with Gasteiger partial charge in [0.15, 0.2) is 0 Å². The Morgan fingerprint density at radius 1 is 1.31 bits per heavy atom. The van der Waals surface area contributed by atoms with Gasteiger partial charge in [-0.15, -0.1) is 0 Å². The van der Waals surface area contributed by atoms with Gasteiger partial charge in [0.2, 0.25) is 0 Å². The normalized spacial score (nSPS) is 13.8. The lowest BCUT2D eigenvalue weighted by Crippen LogP contribution is -2.37. The highest BCUT2D eigenvalue weighted by atomic mass is 16.4. The smallest absolute Gasteiger partial charge is 0.314 e. The second kappa shape index (κ2) is 4.40. The van der Waals surface area contributed by atoms with Crippen LogP contribution in [-0.2, 0) is 9.59 Å². The third-order valence-corrected chi connectivity index (χ3v) is 2.97. The number of carbonyl (C=O) groups is 2. The van der Waals surface area contributed by atoms with Gasteiger partial charge < -0.3 is 5.11 Å². The van der Waals surface area contributed by atoms with E-state index in [1.165, 1.54) is 6.92 Å². The van der Waals surface area contributed by atoms with Gasteiger partial charge in [0.1, 0.15) is 11.7 Å². The van der Waals surface area contributed by atoms with Crippen molar-refractivity contribution in [2.75, 3.05) is 0 Å². The summed E-state index contributed by atoms with van der Waals surface area (Å²) >= 11 is 0. The Balaban J connectivity index is 4.91. The van der Waals surface area contributed by atoms with Crippen molar-refractivity contribution in [3.05, 3.63) is 0 Å². The van der Waals surface area contributed by atoms with E-state index in [1.807, 2.05) is 20.8 Å². The molecule has 0 aromatic carbocycles. The van der Waals surface area contributed by atoms with Crippen molar-refractivity contribution in [1.82, 2.24) is 0 Å². The molecule has 0 fully saturated rings. The average Bonchev–Trinajstić information content (AvgIpc) is 2.02. The second-order valence-corrected chi connectivity index (χ2v) is 3.74. The van der Waals surface area contributed by atoms with Crippen LogP contribution in [0.2, 0.25) is 0 Å². The molecule has 1 atom stereocenters. The lowest BCUT2D eigenvalue weighted by Gasteiger charge is -2.31. The molecule has 13 heavy (non-hydrogen) atoms. The molecule has 0 rings (SSSR count). The fourth-order valence-electron chi connectivity index (χ4n) is 1.62. The minimum Gasteiger partial charge on any atom is -0.481 e. The maximum atomic E-state index is 11.2. The van der Waals surface area contributed by atoms with Gasteiger partial charge in [0.05, 0.1) is 0 Å². The zero-order valence-electron chi connectivity index (χ0n) is 8.76. The summed E-state index contributed by atoms with van der Waals surface area (Å²) in [5.74, 6) is -2.11. The molecule has 0 saturated carbocycles. The summed E-state index contributed by atoms with van der Waals surface area (Å²) in [6.45, 7) is 7.04. The molecular formula is C10H18O3. The first-order valence-electron chi connectivity index (χ1n) is 4.62. The quantitative estimate of drug-likeness (QED) is 0.669. The topological polar surface area (TPSA) is 54.4 Å². The van der Waals surface area contributed by atoms with Crippen molar-refractivity contribution in [2.45, 2.75) is 40.5 Å². The number of carboxylic acids is 1. The first-order valence-corrected chi connectivity index (χ1v) is 4.62. The molecular weight excluding hydrogens is 168 g/mol. The van der Waals surface area contributed by atoms with Crippen molar-refractivity contribution in [2.24, 2.45) is 11.3 Å². The monoisotopic (exact) mass is 186 g/mol. The van der Waals surface area contributed by atoms with E-state index >= 15 is 0 Å². The standard InChI is InChI=1S/C10H18O3/c1-5-10(4,6-2)8(7(3)11)9(12)13/h8H,5-6H2,1-4H3,(H,12,13). The van der Waals surface area contributed by atoms with Crippen LogP contribution in [0.4, 0.5) is 0 Å². The lowest BCUT2D eigenvalue weighted by atomic mass is 9.71. The van der Waals surface area contributed by atoms with Crippen LogP contribution in [0, 0.1) is 11.3 Å². The highest BCUT2D eigenvalue weighted by Gasteiger charge is 2.39. The van der Waals surface area contributed by atoms with Crippen molar-refractivity contribution < 1.29 is 14.7 Å². The Morgan fingerprint density at radius 2 is 1.69 bits per heavy atom. The first kappa shape index (κ1) is 12.1. The van der Waals surface area contributed by atoms with E-state index in [1.54, 1.807) is 0 Å². The number of Topliss-reactive ketones (excluding diaryl/α,β-unsaturated/α-hetero) is 1. The van der Waals surface area contributed by atoms with E-state index < -0.39 is 17.3 Å². The fraction of sp³-hybridized carbons (Fsp3) is 0.800. The molecule has 0 aromatic rings. The van der Waals surface area contributed by atoms with E-state index in [4.69, 9.17) is 5.11 Å². The summed E-state index contributed by atoms with van der Waals surface area (Å²) in [5.41, 5.74) is -0.405. The highest BCUT2D eigenvalue weighted by Crippen LogP contribution is 2.35. The summed E-state index contributed by atoms with van der Waals surface area (Å²) in [4.78, 5) is 22.1. The van der Waals surface area contributed by atoms with Crippen LogP contribution in [-0.4, -0.2) is 16.9 Å². The van der Waals surface area contributed by atoms with Crippen molar-refractivity contribution in [1.29, 1.82) is 0 Å². The molecule has 0 aliphatic carbocycles. The molecule has 76 valence electrons. The zero-order chi connectivity index (χ0) is 10.6. The van der Waals surface area contributed by atoms with E-state index in [-0.39, 0.29) is 5.78 Å². The zero-order valence-corrected chi connectivity index (χ0v) is 8.76. The Morgan fingerprint density at radius 3 is 1.77 bits per heavy atom. The van der Waals surface area contributed by atoms with E-state index in [0.29, 0.717) is 12.8 Å². The molecule has 3 heteroatoms. The van der Waals surface area contributed by atoms with Gasteiger partial charge in [-0.2, -0.15) is 0 Å². The van der Waals surface area contributed by atoms with Crippen LogP contribution < -0.4 is 0 Å². The highest BCUT2D eigenvalue weighted by molar-refractivity contribution is 5.97. The van der Waals surface area contributed by atoms with Crippen LogP contribution in [0.15, 0.2) is 0 Å². The molecule has 0 spiro atoms. The summed E-state index contributed by atoms with van der Waals surface area (Å²) in [6.07, 6.45) is 1.42. The number of ketones is 1. The van der Waals surface area contributed by atoms with E-state index in [2.05, 4.69) is 0 Å². The summed E-state index contributed by atoms with van der Waals surface area (Å²) in [5, 5.41) is 8.92. The molecule has 0 bridgehead atoms. The molecule has 0 heterocycles. The third-order valence-electron chi connectivity index (χ3n) is 2.97. The maximum absolute atomic E-state index is 11.2. The molecule has 1 N–H and O–H groups in total. The van der Waals surface area contributed by atoms with Gasteiger partial charge in [-0.3, -0.25) is 9.59 Å². The van der Waals surface area contributed by atoms with E-state index in [9.17, 15) is 9.59 Å². The number of hydrogen-bond acceptors (Lipinski definition) is 2. The molecule has 0 radical (unpaired) electrons. The van der Waals surface area contributed by atoms with Crippen LogP contribution in [0.5, 0.6) is 0 Å². The van der Waals surface area contributed by atoms with Gasteiger partial charge in [-0.1, -0.05) is 20.8 Å². The fourth-order valence-corrected chi connectivity index (χ4v) is 1.62. The Kier molecular flexibility index (Phi) is 4.11. The second-order valence-electron chi connectivity index (χ2n) is 3.74. The minimum atomic E-state index is -1.00. The lowest BCUT2D eigenvalue weighted by molar-refractivity contribution is -0.151. The average molecular weight is 186 g/mol. The largest absolute Gasteiger partial charge is 0.481 e. The van der Waals surface area contributed by atoms with Gasteiger partial charge in [0.25, 0.3) is 0 Å². The number of rotatable bonds is 5. The summed E-state index contributed by atoms with van der Waals surface area (Å²) < 4.78 is 0. The first-order chi connectivity index (χ1) is 5.89. The maximum Gasteiger partial charge on any atom is 0.314 e. The van der Waals surface area contributed by atoms with Crippen LogP contribution >= 0.6 is 0 Å². The molecule has 0 aliphatic heterocycles. The van der Waals surface area contributed by atoms with Crippen molar-refractivity contribution in [3.8, 4) is 0 Å². The molecule has 0 aromatic heterocycles. The summed E-state index contributed by atoms with van der Waals surface area (Å²) in [7, 11) is 0. The minimum absolute atomic E-state index is 0.251. The predicted octanol–water partition coefficient (Wildman–Crippen LogP) is 2.10. The molecule has 3 nitrogen and oxygen atoms in total. The predicted molar refractivity (Wildman–Crippen MR) is 50.5 cm³/mol. The van der Waals surface area contributed by atoms with Crippen LogP contribution in [0.1, 0.15) is 40.5 Å². The number of aliphatic carboxylic acids is 1. The number of carboxylic acid groups (broad SMARTS) is 1. The Hall–Kier alpha value is -0.860. The van der Waals surface area contributed by atoms with Crippen LogP contribution in [0.3, 0.4) is 0 Å². The van der Waals surface area contributed by atoms with Crippen LogP contribution in [0.25, 0.3) is 0 Å². The molecule has 1 unspecified atom stereocenters. The van der Waals surface area contributed by atoms with Crippen molar-refractivity contribution in [3.63, 3.8) is 0 Å². The molecule has 0 amide bonds. The number of hydrogen-bond donors (Lipinski definition) is 1. The Labute approximate surface area is 79.1 Å². The van der Waals surface area contributed by atoms with Gasteiger partial charge in [0, 0.05) is 0 Å². The van der Waals surface area contributed by atoms with Gasteiger partial charge >= 0.3 is 5.97 Å². The number of carbonyl (C=O) groups excluding carboxylic acids is 1. The van der Waals surface area contributed by atoms with Gasteiger partial charge in [-0.25, -0.2) is 0 Å². The Bertz CT molecular complexity index is 190. The summed E-state index contributed by atoms with van der Waals surface area (Å²) in [6, 6.07) is 0. The SMILES string of the molecule is CCC(C)(CC)C(C(C)=O)C(=O)O. The van der Waals surface area contributed by atoms with Crippen molar-refractivity contribution >= 4 is 11.8 Å². The van der Waals surface area contributed by atoms with Gasteiger partial charge in [-0.05, 0) is 25.2 Å².